The molecule has 0 aliphatic carbocycles. The summed E-state index contributed by atoms with van der Waals surface area (Å²) in [6.45, 7) is 4.79. The lowest BCUT2D eigenvalue weighted by molar-refractivity contribution is -0.143. The minimum Gasteiger partial charge on any atom is -0.466 e. The van der Waals surface area contributed by atoms with Crippen LogP contribution in [-0.2, 0) is 14.3 Å². The van der Waals surface area contributed by atoms with E-state index in [-0.39, 0.29) is 18.5 Å². The molecule has 6 heteroatoms. The van der Waals surface area contributed by atoms with Gasteiger partial charge in [0.05, 0.1) is 25.4 Å². The van der Waals surface area contributed by atoms with Crippen molar-refractivity contribution in [3.8, 4) is 0 Å². The number of carbonyl (C=O) groups excluding carboxylic acids is 2. The smallest absolute Gasteiger partial charge is 0.305 e. The van der Waals surface area contributed by atoms with Crippen molar-refractivity contribution in [2.75, 3.05) is 13.2 Å². The third-order valence-electron chi connectivity index (χ3n) is 12.5. The van der Waals surface area contributed by atoms with E-state index in [1.54, 1.807) is 6.08 Å². The molecular formula is C59H107NO5. The van der Waals surface area contributed by atoms with Crippen LogP contribution in [0.25, 0.3) is 0 Å². The fraction of sp³-hybridized carbons (Fsp3) is 0.797. The summed E-state index contributed by atoms with van der Waals surface area (Å²) in [6.07, 6.45) is 69.6. The second-order valence-corrected chi connectivity index (χ2v) is 18.9. The Morgan fingerprint density at radius 1 is 0.431 bits per heavy atom. The molecule has 0 aromatic carbocycles. The number of ether oxygens (including phenoxy) is 1. The molecule has 1 amide bonds. The summed E-state index contributed by atoms with van der Waals surface area (Å²) in [7, 11) is 0. The first-order chi connectivity index (χ1) is 32.0. The Morgan fingerprint density at radius 3 is 1.25 bits per heavy atom. The van der Waals surface area contributed by atoms with E-state index in [1.165, 1.54) is 180 Å². The molecule has 0 saturated heterocycles. The van der Waals surface area contributed by atoms with Crippen molar-refractivity contribution in [1.82, 2.24) is 5.32 Å². The molecule has 0 rings (SSSR count). The molecule has 378 valence electrons. The molecule has 3 N–H and O–H groups in total. The number of aliphatic hydroxyl groups excluding tert-OH is 2. The van der Waals surface area contributed by atoms with Gasteiger partial charge in [0.1, 0.15) is 0 Å². The second kappa shape index (κ2) is 54.2. The van der Waals surface area contributed by atoms with Gasteiger partial charge in [0.25, 0.3) is 0 Å². The first kappa shape index (κ1) is 62.6. The molecule has 0 saturated carbocycles. The zero-order valence-corrected chi connectivity index (χ0v) is 43.0. The van der Waals surface area contributed by atoms with Gasteiger partial charge in [-0.3, -0.25) is 9.59 Å². The van der Waals surface area contributed by atoms with Crippen LogP contribution in [0, 0.1) is 0 Å². The van der Waals surface area contributed by atoms with Crippen LogP contribution in [0.2, 0.25) is 0 Å². The predicted molar refractivity (Wildman–Crippen MR) is 282 cm³/mol. The Bertz CT molecular complexity index is 1140. The van der Waals surface area contributed by atoms with Crippen molar-refractivity contribution >= 4 is 11.9 Å². The number of hydrogen-bond acceptors (Lipinski definition) is 5. The molecule has 65 heavy (non-hydrogen) atoms. The molecule has 0 spiro atoms. The topological polar surface area (TPSA) is 95.9 Å². The van der Waals surface area contributed by atoms with Crippen molar-refractivity contribution in [3.63, 3.8) is 0 Å². The van der Waals surface area contributed by atoms with Crippen LogP contribution in [-0.4, -0.2) is 47.4 Å². The quantitative estimate of drug-likeness (QED) is 0.0321. The summed E-state index contributed by atoms with van der Waals surface area (Å²) in [5, 5.41) is 23.1. The predicted octanol–water partition coefficient (Wildman–Crippen LogP) is 17.2. The summed E-state index contributed by atoms with van der Waals surface area (Å²) >= 11 is 0. The molecule has 0 aromatic heterocycles. The molecule has 0 aliphatic heterocycles. The van der Waals surface area contributed by atoms with Crippen LogP contribution in [0.5, 0.6) is 0 Å². The molecular weight excluding hydrogens is 803 g/mol. The van der Waals surface area contributed by atoms with E-state index >= 15 is 0 Å². The molecule has 0 radical (unpaired) electrons. The van der Waals surface area contributed by atoms with E-state index in [2.05, 4.69) is 61.7 Å². The number of allylic oxidation sites excluding steroid dienone is 9. The van der Waals surface area contributed by atoms with Gasteiger partial charge in [0.2, 0.25) is 5.91 Å². The second-order valence-electron chi connectivity index (χ2n) is 18.9. The average Bonchev–Trinajstić information content (AvgIpc) is 3.31. The number of carbonyl (C=O) groups is 2. The molecule has 0 aliphatic rings. The minimum absolute atomic E-state index is 0.0337. The molecule has 2 unspecified atom stereocenters. The van der Waals surface area contributed by atoms with Crippen LogP contribution < -0.4 is 5.32 Å². The van der Waals surface area contributed by atoms with Crippen LogP contribution in [0.1, 0.15) is 277 Å². The zero-order chi connectivity index (χ0) is 47.2. The number of unbranched alkanes of at least 4 members (excludes halogenated alkanes) is 32. The maximum atomic E-state index is 12.4. The van der Waals surface area contributed by atoms with Gasteiger partial charge in [0.15, 0.2) is 0 Å². The highest BCUT2D eigenvalue weighted by atomic mass is 16.5. The standard InChI is InChI=1S/C59H107NO5/c1-3-5-7-9-11-13-15-17-19-20-21-22-23-24-25-27-31-35-39-43-47-51-57(62)56(55-61)60-58(63)52-48-44-40-36-32-28-26-30-34-38-42-46-50-54-65-59(64)53-49-45-41-37-33-29-18-16-14-12-10-8-6-4-2/h10,12,16,18,28,32,40,44,47,51,56-57,61-62H,3-9,11,13-15,17,19-27,29-31,33-39,41-43,45-46,48-50,52-55H2,1-2H3,(H,60,63)/b12-10-,18-16-,32-28-,44-40-,51-47+. The van der Waals surface area contributed by atoms with E-state index in [4.69, 9.17) is 4.74 Å². The van der Waals surface area contributed by atoms with Gasteiger partial charge in [0, 0.05) is 12.8 Å². The van der Waals surface area contributed by atoms with Crippen molar-refractivity contribution in [1.29, 1.82) is 0 Å². The average molecular weight is 911 g/mol. The molecule has 2 atom stereocenters. The normalized spacial score (nSPS) is 13.1. The van der Waals surface area contributed by atoms with E-state index in [1.807, 2.05) is 12.2 Å². The summed E-state index contributed by atoms with van der Waals surface area (Å²) in [5.41, 5.74) is 0. The molecule has 0 heterocycles. The summed E-state index contributed by atoms with van der Waals surface area (Å²) in [5.74, 6) is -0.183. The first-order valence-corrected chi connectivity index (χ1v) is 28.1. The highest BCUT2D eigenvalue weighted by molar-refractivity contribution is 5.76. The third kappa shape index (κ3) is 50.8. The van der Waals surface area contributed by atoms with E-state index in [0.29, 0.717) is 25.9 Å². The van der Waals surface area contributed by atoms with Crippen molar-refractivity contribution < 1.29 is 24.5 Å². The monoisotopic (exact) mass is 910 g/mol. The summed E-state index contributed by atoms with van der Waals surface area (Å²) in [6, 6.07) is -0.675. The van der Waals surface area contributed by atoms with Crippen LogP contribution in [0.3, 0.4) is 0 Å². The van der Waals surface area contributed by atoms with Gasteiger partial charge in [-0.15, -0.1) is 0 Å². The SMILES string of the molecule is CCCC/C=C\C/C=C\CCCCCCCC(=O)OCCCCCCCC/C=C\C/C=C\CCC(=O)NC(CO)C(O)/C=C/CCCCCCCCCCCCCCCCCCCCC. The fourth-order valence-electron chi connectivity index (χ4n) is 8.17. The lowest BCUT2D eigenvalue weighted by Gasteiger charge is -2.19. The van der Waals surface area contributed by atoms with Gasteiger partial charge in [-0.1, -0.05) is 248 Å². The summed E-state index contributed by atoms with van der Waals surface area (Å²) in [4.78, 5) is 24.5. The Hall–Kier alpha value is -2.44. The number of hydrogen-bond donors (Lipinski definition) is 3. The molecule has 0 fully saturated rings. The van der Waals surface area contributed by atoms with Gasteiger partial charge in [-0.2, -0.15) is 0 Å². The Kier molecular flexibility index (Phi) is 52.1. The largest absolute Gasteiger partial charge is 0.466 e. The van der Waals surface area contributed by atoms with E-state index in [9.17, 15) is 19.8 Å². The van der Waals surface area contributed by atoms with Crippen molar-refractivity contribution in [2.24, 2.45) is 0 Å². The van der Waals surface area contributed by atoms with Gasteiger partial charge < -0.3 is 20.3 Å². The molecule has 6 nitrogen and oxygen atoms in total. The Morgan fingerprint density at radius 2 is 0.800 bits per heavy atom. The van der Waals surface area contributed by atoms with Crippen LogP contribution in [0.4, 0.5) is 0 Å². The van der Waals surface area contributed by atoms with E-state index in [0.717, 1.165) is 64.2 Å². The highest BCUT2D eigenvalue weighted by Crippen LogP contribution is 2.16. The lowest BCUT2D eigenvalue weighted by atomic mass is 10.0. The Balaban J connectivity index is 3.60. The van der Waals surface area contributed by atoms with Gasteiger partial charge in [-0.25, -0.2) is 0 Å². The number of amides is 1. The number of rotatable bonds is 51. The number of aliphatic hydroxyl groups is 2. The van der Waals surface area contributed by atoms with Gasteiger partial charge in [-0.05, 0) is 77.0 Å². The third-order valence-corrected chi connectivity index (χ3v) is 12.5. The van der Waals surface area contributed by atoms with Crippen LogP contribution >= 0.6 is 0 Å². The first-order valence-electron chi connectivity index (χ1n) is 28.1. The zero-order valence-electron chi connectivity index (χ0n) is 43.0. The summed E-state index contributed by atoms with van der Waals surface area (Å²) < 4.78 is 5.44. The van der Waals surface area contributed by atoms with Crippen LogP contribution in [0.15, 0.2) is 60.8 Å². The maximum absolute atomic E-state index is 12.4. The maximum Gasteiger partial charge on any atom is 0.305 e. The van der Waals surface area contributed by atoms with Gasteiger partial charge >= 0.3 is 5.97 Å². The number of nitrogens with one attached hydrogen (secondary N) is 1. The highest BCUT2D eigenvalue weighted by Gasteiger charge is 2.17. The molecule has 0 bridgehead atoms. The molecule has 0 aromatic rings. The van der Waals surface area contributed by atoms with E-state index < -0.39 is 12.1 Å². The number of esters is 1. The fourth-order valence-corrected chi connectivity index (χ4v) is 8.17. The van der Waals surface area contributed by atoms with Crippen molar-refractivity contribution in [3.05, 3.63) is 60.8 Å². The Labute approximate surface area is 403 Å². The lowest BCUT2D eigenvalue weighted by Crippen LogP contribution is -2.45. The van der Waals surface area contributed by atoms with Crippen molar-refractivity contribution in [2.45, 2.75) is 289 Å². The minimum atomic E-state index is -0.882.